The van der Waals surface area contributed by atoms with Gasteiger partial charge in [0.05, 0.1) is 0 Å². The van der Waals surface area contributed by atoms with E-state index >= 15 is 0 Å². The smallest absolute Gasteiger partial charge is 0.190 e. The third-order valence-corrected chi connectivity index (χ3v) is 3.30. The molecule has 1 aromatic rings. The molecular weight excluding hydrogens is 268 g/mol. The van der Waals surface area contributed by atoms with Crippen LogP contribution in [0.15, 0.2) is 11.2 Å². The van der Waals surface area contributed by atoms with Gasteiger partial charge in [0, 0.05) is 18.7 Å². The van der Waals surface area contributed by atoms with Crippen LogP contribution in [0.2, 0.25) is 5.15 Å². The van der Waals surface area contributed by atoms with Gasteiger partial charge in [-0.05, 0) is 26.3 Å². The first-order valence-corrected chi connectivity index (χ1v) is 7.52. The minimum atomic E-state index is 0.334. The van der Waals surface area contributed by atoms with Crippen LogP contribution in [0.5, 0.6) is 0 Å². The molecule has 1 atom stereocenters. The highest BCUT2D eigenvalue weighted by Gasteiger charge is 2.15. The lowest BCUT2D eigenvalue weighted by molar-refractivity contribution is 0.344. The zero-order valence-corrected chi connectivity index (χ0v) is 13.1. The van der Waals surface area contributed by atoms with Crippen molar-refractivity contribution in [2.75, 3.05) is 32.2 Å². The standard InChI is InChI=1S/C12H21ClN4S/c1-8(2)9(7-17(3)4)14-11-6-10(13)15-12(16-11)18-5/h6,8-9H,7H2,1-5H3,(H,14,15,16). The zero-order valence-electron chi connectivity index (χ0n) is 11.6. The van der Waals surface area contributed by atoms with E-state index in [4.69, 9.17) is 11.6 Å². The molecule has 0 aliphatic carbocycles. The number of rotatable bonds is 6. The molecule has 0 saturated carbocycles. The van der Waals surface area contributed by atoms with Crippen molar-refractivity contribution in [1.29, 1.82) is 0 Å². The number of anilines is 1. The maximum absolute atomic E-state index is 5.98. The summed E-state index contributed by atoms with van der Waals surface area (Å²) in [5.74, 6) is 1.30. The topological polar surface area (TPSA) is 41.1 Å². The van der Waals surface area contributed by atoms with Crippen molar-refractivity contribution < 1.29 is 0 Å². The highest BCUT2D eigenvalue weighted by Crippen LogP contribution is 2.19. The maximum atomic E-state index is 5.98. The molecular formula is C12H21ClN4S. The van der Waals surface area contributed by atoms with Crippen LogP contribution in [0.3, 0.4) is 0 Å². The minimum absolute atomic E-state index is 0.334. The number of hydrogen-bond acceptors (Lipinski definition) is 5. The molecule has 0 amide bonds. The molecule has 18 heavy (non-hydrogen) atoms. The number of halogens is 1. The number of thioether (sulfide) groups is 1. The van der Waals surface area contributed by atoms with E-state index in [0.29, 0.717) is 22.3 Å². The van der Waals surface area contributed by atoms with Gasteiger partial charge in [-0.3, -0.25) is 0 Å². The Kier molecular flexibility index (Phi) is 6.18. The molecule has 1 unspecified atom stereocenters. The largest absolute Gasteiger partial charge is 0.366 e. The Morgan fingerprint density at radius 3 is 2.56 bits per heavy atom. The van der Waals surface area contributed by atoms with Gasteiger partial charge < -0.3 is 10.2 Å². The van der Waals surface area contributed by atoms with Crippen LogP contribution in [0, 0.1) is 5.92 Å². The number of likely N-dealkylation sites (N-methyl/N-ethyl adjacent to an activating group) is 1. The van der Waals surface area contributed by atoms with Gasteiger partial charge in [0.2, 0.25) is 0 Å². The quantitative estimate of drug-likeness (QED) is 0.495. The summed E-state index contributed by atoms with van der Waals surface area (Å²) < 4.78 is 0. The van der Waals surface area contributed by atoms with Crippen molar-refractivity contribution >= 4 is 29.2 Å². The summed E-state index contributed by atoms with van der Waals surface area (Å²) in [6.45, 7) is 5.34. The third kappa shape index (κ3) is 5.00. The molecule has 6 heteroatoms. The molecule has 102 valence electrons. The summed E-state index contributed by atoms with van der Waals surface area (Å²) in [5.41, 5.74) is 0. The minimum Gasteiger partial charge on any atom is -0.366 e. The number of hydrogen-bond donors (Lipinski definition) is 1. The average molecular weight is 289 g/mol. The molecule has 4 nitrogen and oxygen atoms in total. The van der Waals surface area contributed by atoms with E-state index < -0.39 is 0 Å². The van der Waals surface area contributed by atoms with Crippen molar-refractivity contribution in [3.05, 3.63) is 11.2 Å². The molecule has 0 fully saturated rings. The zero-order chi connectivity index (χ0) is 13.7. The number of nitrogens with one attached hydrogen (secondary N) is 1. The Morgan fingerprint density at radius 1 is 1.39 bits per heavy atom. The van der Waals surface area contributed by atoms with E-state index in [9.17, 15) is 0 Å². The molecule has 0 spiro atoms. The summed E-state index contributed by atoms with van der Waals surface area (Å²) in [4.78, 5) is 10.7. The lowest BCUT2D eigenvalue weighted by atomic mass is 10.0. The Morgan fingerprint density at radius 2 is 2.06 bits per heavy atom. The summed E-state index contributed by atoms with van der Waals surface area (Å²) >= 11 is 7.47. The van der Waals surface area contributed by atoms with Crippen LogP contribution in [0.25, 0.3) is 0 Å². The Balaban J connectivity index is 2.82. The van der Waals surface area contributed by atoms with Crippen LogP contribution in [0.1, 0.15) is 13.8 Å². The van der Waals surface area contributed by atoms with Crippen LogP contribution >= 0.6 is 23.4 Å². The predicted molar refractivity (Wildman–Crippen MR) is 79.6 cm³/mol. The van der Waals surface area contributed by atoms with E-state index in [1.54, 1.807) is 6.07 Å². The van der Waals surface area contributed by atoms with Crippen LogP contribution in [-0.4, -0.2) is 47.8 Å². The Hall–Kier alpha value is -0.520. The normalized spacial score (nSPS) is 13.1. The van der Waals surface area contributed by atoms with E-state index in [-0.39, 0.29) is 0 Å². The molecule has 1 rings (SSSR count). The number of aromatic nitrogens is 2. The van der Waals surface area contributed by atoms with Crippen LogP contribution in [-0.2, 0) is 0 Å². The fourth-order valence-electron chi connectivity index (χ4n) is 1.57. The fraction of sp³-hybridized carbons (Fsp3) is 0.667. The van der Waals surface area contributed by atoms with Gasteiger partial charge in [-0.15, -0.1) is 0 Å². The monoisotopic (exact) mass is 288 g/mol. The molecule has 0 aliphatic rings. The first-order valence-electron chi connectivity index (χ1n) is 5.92. The van der Waals surface area contributed by atoms with E-state index in [1.807, 2.05) is 6.26 Å². The van der Waals surface area contributed by atoms with Crippen molar-refractivity contribution in [3.63, 3.8) is 0 Å². The van der Waals surface area contributed by atoms with Gasteiger partial charge in [-0.25, -0.2) is 9.97 Å². The Labute approximate surface area is 119 Å². The molecule has 0 bridgehead atoms. The summed E-state index contributed by atoms with van der Waals surface area (Å²) in [6, 6.07) is 2.10. The van der Waals surface area contributed by atoms with Gasteiger partial charge >= 0.3 is 0 Å². The molecule has 0 radical (unpaired) electrons. The highest BCUT2D eigenvalue weighted by atomic mass is 35.5. The molecule has 1 aromatic heterocycles. The summed E-state index contributed by atoms with van der Waals surface area (Å²) in [5, 5.41) is 4.60. The molecule has 0 aliphatic heterocycles. The lowest BCUT2D eigenvalue weighted by Gasteiger charge is -2.26. The molecule has 0 saturated heterocycles. The first-order chi connectivity index (χ1) is 8.42. The second-order valence-corrected chi connectivity index (χ2v) is 5.98. The lowest BCUT2D eigenvalue weighted by Crippen LogP contribution is -2.36. The van der Waals surface area contributed by atoms with Crippen LogP contribution in [0.4, 0.5) is 5.82 Å². The fourth-order valence-corrected chi connectivity index (χ4v) is 2.18. The average Bonchev–Trinajstić information content (AvgIpc) is 2.26. The van der Waals surface area contributed by atoms with Gasteiger partial charge in [-0.2, -0.15) is 0 Å². The van der Waals surface area contributed by atoms with Gasteiger partial charge in [0.25, 0.3) is 0 Å². The number of nitrogens with zero attached hydrogens (tertiary/aromatic N) is 3. The van der Waals surface area contributed by atoms with Crippen LogP contribution < -0.4 is 5.32 Å². The first kappa shape index (κ1) is 15.5. The second-order valence-electron chi connectivity index (χ2n) is 4.82. The van der Waals surface area contributed by atoms with Gasteiger partial charge in [0.1, 0.15) is 11.0 Å². The molecule has 1 N–H and O–H groups in total. The van der Waals surface area contributed by atoms with E-state index in [0.717, 1.165) is 12.4 Å². The maximum Gasteiger partial charge on any atom is 0.190 e. The molecule has 0 aromatic carbocycles. The molecule has 1 heterocycles. The summed E-state index contributed by atoms with van der Waals surface area (Å²) in [6.07, 6.45) is 1.94. The second kappa shape index (κ2) is 7.16. The predicted octanol–water partition coefficient (Wildman–Crippen LogP) is 2.85. The van der Waals surface area contributed by atoms with E-state index in [2.05, 4.69) is 48.1 Å². The van der Waals surface area contributed by atoms with Gasteiger partial charge in [-0.1, -0.05) is 37.2 Å². The highest BCUT2D eigenvalue weighted by molar-refractivity contribution is 7.98. The SMILES string of the molecule is CSc1nc(Cl)cc(NC(CN(C)C)C(C)C)n1. The third-order valence-electron chi connectivity index (χ3n) is 2.56. The van der Waals surface area contributed by atoms with Crippen molar-refractivity contribution in [2.24, 2.45) is 5.92 Å². The summed E-state index contributed by atoms with van der Waals surface area (Å²) in [7, 11) is 4.13. The Bertz CT molecular complexity index is 384. The van der Waals surface area contributed by atoms with Gasteiger partial charge in [0.15, 0.2) is 5.16 Å². The van der Waals surface area contributed by atoms with Crippen molar-refractivity contribution in [2.45, 2.75) is 25.0 Å². The van der Waals surface area contributed by atoms with E-state index in [1.165, 1.54) is 11.8 Å². The van der Waals surface area contributed by atoms with Crippen molar-refractivity contribution in [3.8, 4) is 0 Å². The van der Waals surface area contributed by atoms with Crippen molar-refractivity contribution in [1.82, 2.24) is 14.9 Å².